The Bertz CT molecular complexity index is 908. The molecule has 3 rings (SSSR count). The van der Waals surface area contributed by atoms with Gasteiger partial charge in [0.25, 0.3) is 0 Å². The van der Waals surface area contributed by atoms with Crippen molar-refractivity contribution in [3.8, 4) is 0 Å². The third-order valence-corrected chi connectivity index (χ3v) is 5.58. The number of rotatable bonds is 3. The van der Waals surface area contributed by atoms with Crippen LogP contribution in [0.3, 0.4) is 0 Å². The number of alkyl halides is 1. The van der Waals surface area contributed by atoms with Crippen LogP contribution in [0.15, 0.2) is 41.3 Å². The zero-order chi connectivity index (χ0) is 15.9. The Morgan fingerprint density at radius 2 is 1.73 bits per heavy atom. The van der Waals surface area contributed by atoms with E-state index in [0.717, 1.165) is 26.4 Å². The lowest BCUT2D eigenvalue weighted by atomic mass is 9.95. The highest BCUT2D eigenvalue weighted by Gasteiger charge is 2.14. The highest BCUT2D eigenvalue weighted by molar-refractivity contribution is 9.09. The fourth-order valence-corrected chi connectivity index (χ4v) is 3.64. The van der Waals surface area contributed by atoms with Crippen LogP contribution in [-0.4, -0.2) is 17.4 Å². The monoisotopic (exact) mass is 412 g/mol. The lowest BCUT2D eigenvalue weighted by molar-refractivity contribution is 0.102. The van der Waals surface area contributed by atoms with Gasteiger partial charge in [0.15, 0.2) is 5.78 Å². The zero-order valence-corrected chi connectivity index (χ0v) is 15.5. The highest BCUT2D eigenvalue weighted by atomic mass is 79.9. The molecule has 0 heterocycles. The first kappa shape index (κ1) is 16.1. The van der Waals surface area contributed by atoms with E-state index < -0.39 is 0 Å². The van der Waals surface area contributed by atoms with Crippen molar-refractivity contribution >= 4 is 78.2 Å². The molecule has 0 N–H and O–H groups in total. The fraction of sp³-hybridized carbons (Fsp3) is 0.118. The zero-order valence-electron chi connectivity index (χ0n) is 11.6. The maximum atomic E-state index is 12.3. The topological polar surface area (TPSA) is 17.1 Å². The molecule has 1 nitrogen and oxygen atoms in total. The average Bonchev–Trinajstić information content (AvgIpc) is 2.54. The minimum Gasteiger partial charge on any atom is -0.293 e. The molecule has 0 atom stereocenters. The van der Waals surface area contributed by atoms with Crippen LogP contribution in [0.4, 0.5) is 0 Å². The molecule has 22 heavy (non-hydrogen) atoms. The second-order valence-electron chi connectivity index (χ2n) is 4.88. The predicted octanol–water partition coefficient (Wildman–Crippen LogP) is 6.60. The van der Waals surface area contributed by atoms with Gasteiger partial charge in [0, 0.05) is 10.5 Å². The fourth-order valence-electron chi connectivity index (χ4n) is 2.56. The lowest BCUT2D eigenvalue weighted by Gasteiger charge is -2.11. The summed E-state index contributed by atoms with van der Waals surface area (Å²) in [5, 5.41) is 5.10. The molecule has 3 aromatic carbocycles. The number of benzene rings is 3. The summed E-state index contributed by atoms with van der Waals surface area (Å²) in [5.74, 6) is 0.0276. The van der Waals surface area contributed by atoms with Gasteiger partial charge in [-0.15, -0.1) is 11.8 Å². The van der Waals surface area contributed by atoms with Crippen molar-refractivity contribution in [3.05, 3.63) is 52.0 Å². The van der Waals surface area contributed by atoms with Crippen LogP contribution < -0.4 is 0 Å². The molecule has 0 aliphatic carbocycles. The van der Waals surface area contributed by atoms with Gasteiger partial charge in [0.05, 0.1) is 15.4 Å². The van der Waals surface area contributed by atoms with Gasteiger partial charge in [0.1, 0.15) is 0 Å². The lowest BCUT2D eigenvalue weighted by Crippen LogP contribution is -2.01. The number of carbonyl (C=O) groups excluding carboxylic acids is 1. The average molecular weight is 414 g/mol. The predicted molar refractivity (Wildman–Crippen MR) is 101 cm³/mol. The summed E-state index contributed by atoms with van der Waals surface area (Å²) >= 11 is 17.3. The maximum absolute atomic E-state index is 12.3. The van der Waals surface area contributed by atoms with E-state index in [9.17, 15) is 4.79 Å². The molecule has 0 aliphatic heterocycles. The summed E-state index contributed by atoms with van der Waals surface area (Å²) in [6.45, 7) is 0. The van der Waals surface area contributed by atoms with Crippen molar-refractivity contribution in [1.82, 2.24) is 0 Å². The number of hydrogen-bond donors (Lipinski definition) is 0. The van der Waals surface area contributed by atoms with Crippen LogP contribution >= 0.6 is 50.9 Å². The van der Waals surface area contributed by atoms with Crippen molar-refractivity contribution in [2.75, 3.05) is 11.6 Å². The molecule has 0 amide bonds. The molecule has 112 valence electrons. The highest BCUT2D eigenvalue weighted by Crippen LogP contribution is 2.36. The smallest absolute Gasteiger partial charge is 0.174 e. The molecule has 0 unspecified atom stereocenters. The van der Waals surface area contributed by atoms with Crippen molar-refractivity contribution < 1.29 is 4.79 Å². The van der Waals surface area contributed by atoms with E-state index in [0.29, 0.717) is 15.6 Å². The Morgan fingerprint density at radius 3 is 2.36 bits per heavy atom. The molecule has 3 aromatic rings. The summed E-state index contributed by atoms with van der Waals surface area (Å²) in [6, 6.07) is 11.8. The van der Waals surface area contributed by atoms with E-state index in [-0.39, 0.29) is 11.1 Å². The first-order chi connectivity index (χ1) is 10.5. The van der Waals surface area contributed by atoms with Gasteiger partial charge in [-0.1, -0.05) is 45.2 Å². The molecule has 5 heteroatoms. The molecule has 0 spiro atoms. The summed E-state index contributed by atoms with van der Waals surface area (Å²) < 4.78 is 0. The Kier molecular flexibility index (Phi) is 4.69. The van der Waals surface area contributed by atoms with E-state index in [1.54, 1.807) is 17.8 Å². The van der Waals surface area contributed by atoms with Crippen LogP contribution in [0.25, 0.3) is 21.5 Å². The van der Waals surface area contributed by atoms with Crippen molar-refractivity contribution in [3.63, 3.8) is 0 Å². The molecular weight excluding hydrogens is 403 g/mol. The Morgan fingerprint density at radius 1 is 1.05 bits per heavy atom. The number of hydrogen-bond acceptors (Lipinski definition) is 2. The Labute approximate surface area is 151 Å². The number of fused-ring (bicyclic) bond motifs is 3. The molecule has 0 radical (unpaired) electrons. The van der Waals surface area contributed by atoms with Crippen molar-refractivity contribution in [2.24, 2.45) is 0 Å². The van der Waals surface area contributed by atoms with Crippen molar-refractivity contribution in [2.45, 2.75) is 4.90 Å². The van der Waals surface area contributed by atoms with Crippen LogP contribution in [0.2, 0.25) is 10.0 Å². The van der Waals surface area contributed by atoms with Gasteiger partial charge in [0.2, 0.25) is 0 Å². The summed E-state index contributed by atoms with van der Waals surface area (Å²) in [4.78, 5) is 13.5. The van der Waals surface area contributed by atoms with E-state index in [4.69, 9.17) is 23.2 Å². The molecule has 0 bridgehead atoms. The largest absolute Gasteiger partial charge is 0.293 e. The number of Topliss-reactive ketones (excluding diaryl/α,β-unsaturated/α-hetero) is 1. The van der Waals surface area contributed by atoms with E-state index in [1.807, 2.05) is 18.4 Å². The molecule has 0 aromatic heterocycles. The van der Waals surface area contributed by atoms with Crippen LogP contribution in [-0.2, 0) is 0 Å². The molecule has 0 saturated heterocycles. The number of ketones is 1. The minimum absolute atomic E-state index is 0.0276. The van der Waals surface area contributed by atoms with Gasteiger partial charge >= 0.3 is 0 Å². The first-order valence-corrected chi connectivity index (χ1v) is 9.64. The van der Waals surface area contributed by atoms with Crippen molar-refractivity contribution in [1.29, 1.82) is 0 Å². The number of halogens is 3. The van der Waals surface area contributed by atoms with Gasteiger partial charge in [-0.3, -0.25) is 4.79 Å². The van der Waals surface area contributed by atoms with Crippen LogP contribution in [0.1, 0.15) is 10.4 Å². The molecule has 0 fully saturated rings. The summed E-state index contributed by atoms with van der Waals surface area (Å²) in [7, 11) is 0. The molecule has 0 aliphatic rings. The second kappa shape index (κ2) is 6.40. The van der Waals surface area contributed by atoms with Gasteiger partial charge < -0.3 is 0 Å². The summed E-state index contributed by atoms with van der Waals surface area (Å²) in [5.41, 5.74) is 0.663. The summed E-state index contributed by atoms with van der Waals surface area (Å²) in [6.07, 6.45) is 2.03. The normalized spacial score (nSPS) is 11.3. The minimum atomic E-state index is 0.0276. The Hall–Kier alpha value is -0.740. The van der Waals surface area contributed by atoms with Gasteiger partial charge in [-0.2, -0.15) is 0 Å². The molecule has 0 saturated carbocycles. The standard InChI is InChI=1S/C17H11BrCl2OS/c1-22-10-2-3-11-9(4-10)5-14(17(21)8-18)13-7-16(20)15(19)6-12(11)13/h2-7H,8H2,1H3. The third-order valence-electron chi connectivity index (χ3n) is 3.62. The maximum Gasteiger partial charge on any atom is 0.174 e. The van der Waals surface area contributed by atoms with Gasteiger partial charge in [-0.05, 0) is 58.1 Å². The second-order valence-corrected chi connectivity index (χ2v) is 7.13. The number of thioether (sulfide) groups is 1. The van der Waals surface area contributed by atoms with E-state index in [1.165, 1.54) is 0 Å². The van der Waals surface area contributed by atoms with E-state index >= 15 is 0 Å². The third kappa shape index (κ3) is 2.76. The molecular formula is C17H11BrCl2OS. The first-order valence-electron chi connectivity index (χ1n) is 6.54. The van der Waals surface area contributed by atoms with Gasteiger partial charge in [-0.25, -0.2) is 0 Å². The van der Waals surface area contributed by atoms with Crippen LogP contribution in [0.5, 0.6) is 0 Å². The van der Waals surface area contributed by atoms with Crippen LogP contribution in [0, 0.1) is 0 Å². The quantitative estimate of drug-likeness (QED) is 0.208. The number of carbonyl (C=O) groups is 1. The van der Waals surface area contributed by atoms with E-state index in [2.05, 4.69) is 34.1 Å². The Balaban J connectivity index is 2.49. The SMILES string of the molecule is CSc1ccc2c(c1)cc(C(=O)CBr)c1cc(Cl)c(Cl)cc12.